The summed E-state index contributed by atoms with van der Waals surface area (Å²) >= 11 is 0. The lowest BCUT2D eigenvalue weighted by Gasteiger charge is -2.22. The molecule has 1 atom stereocenters. The Bertz CT molecular complexity index is 219. The van der Waals surface area contributed by atoms with Gasteiger partial charge in [-0.15, -0.1) is 0 Å². The van der Waals surface area contributed by atoms with Gasteiger partial charge in [0, 0.05) is 13.2 Å². The Morgan fingerprint density at radius 3 is 2.75 bits per heavy atom. The van der Waals surface area contributed by atoms with Crippen molar-refractivity contribution in [1.29, 1.82) is 0 Å². The summed E-state index contributed by atoms with van der Waals surface area (Å²) in [5.74, 6) is 0. The van der Waals surface area contributed by atoms with Crippen molar-refractivity contribution in [2.24, 2.45) is 0 Å². The van der Waals surface area contributed by atoms with Gasteiger partial charge in [0.05, 0.1) is 12.4 Å². The van der Waals surface area contributed by atoms with Crippen LogP contribution in [0.3, 0.4) is 0 Å². The zero-order chi connectivity index (χ0) is 9.03. The van der Waals surface area contributed by atoms with Crippen molar-refractivity contribution >= 4 is 10.0 Å². The molecule has 0 aromatic rings. The topological polar surface area (TPSA) is 55.4 Å². The Morgan fingerprint density at radius 1 is 1.50 bits per heavy atom. The van der Waals surface area contributed by atoms with Crippen molar-refractivity contribution in [1.82, 2.24) is 4.72 Å². The Kier molecular flexibility index (Phi) is 3.49. The van der Waals surface area contributed by atoms with Gasteiger partial charge in [0.1, 0.15) is 0 Å². The van der Waals surface area contributed by atoms with E-state index in [-0.39, 0.29) is 6.10 Å². The van der Waals surface area contributed by atoms with E-state index < -0.39 is 10.0 Å². The van der Waals surface area contributed by atoms with Crippen molar-refractivity contribution in [2.75, 3.05) is 19.4 Å². The fourth-order valence-electron chi connectivity index (χ4n) is 1.21. The fourth-order valence-corrected chi connectivity index (χ4v) is 1.70. The molecule has 1 saturated heterocycles. The van der Waals surface area contributed by atoms with E-state index in [2.05, 4.69) is 4.72 Å². The average Bonchev–Trinajstić information content (AvgIpc) is 2.02. The molecule has 1 aliphatic rings. The SMILES string of the molecule is CS(=O)(=O)NC[C@@H]1CCCCO1. The third-order valence-electron chi connectivity index (χ3n) is 1.85. The molecule has 12 heavy (non-hydrogen) atoms. The monoisotopic (exact) mass is 193 g/mol. The van der Waals surface area contributed by atoms with Gasteiger partial charge in [0.25, 0.3) is 0 Å². The van der Waals surface area contributed by atoms with E-state index in [4.69, 9.17) is 4.74 Å². The number of hydrogen-bond acceptors (Lipinski definition) is 3. The predicted molar refractivity (Wildman–Crippen MR) is 46.4 cm³/mol. The number of ether oxygens (including phenoxy) is 1. The van der Waals surface area contributed by atoms with Crippen molar-refractivity contribution in [3.05, 3.63) is 0 Å². The third-order valence-corrected chi connectivity index (χ3v) is 2.54. The van der Waals surface area contributed by atoms with E-state index in [1.54, 1.807) is 0 Å². The first-order valence-electron chi connectivity index (χ1n) is 4.14. The molecule has 5 heteroatoms. The van der Waals surface area contributed by atoms with Crippen LogP contribution in [0.5, 0.6) is 0 Å². The summed E-state index contributed by atoms with van der Waals surface area (Å²) < 4.78 is 29.2. The van der Waals surface area contributed by atoms with E-state index in [0.717, 1.165) is 32.1 Å². The zero-order valence-electron chi connectivity index (χ0n) is 7.25. The van der Waals surface area contributed by atoms with Crippen LogP contribution < -0.4 is 4.72 Å². The van der Waals surface area contributed by atoms with Gasteiger partial charge >= 0.3 is 0 Å². The number of sulfonamides is 1. The zero-order valence-corrected chi connectivity index (χ0v) is 8.06. The quantitative estimate of drug-likeness (QED) is 0.692. The average molecular weight is 193 g/mol. The lowest BCUT2D eigenvalue weighted by molar-refractivity contribution is 0.0200. The number of rotatable bonds is 3. The molecule has 1 N–H and O–H groups in total. The summed E-state index contributed by atoms with van der Waals surface area (Å²) in [4.78, 5) is 0. The standard InChI is InChI=1S/C7H15NO3S/c1-12(9,10)8-6-7-4-2-3-5-11-7/h7-8H,2-6H2,1H3/t7-/m0/s1. The van der Waals surface area contributed by atoms with E-state index in [9.17, 15) is 8.42 Å². The molecule has 0 unspecified atom stereocenters. The van der Waals surface area contributed by atoms with Gasteiger partial charge < -0.3 is 4.74 Å². The molecule has 0 radical (unpaired) electrons. The first-order valence-corrected chi connectivity index (χ1v) is 6.03. The maximum atomic E-state index is 10.7. The van der Waals surface area contributed by atoms with E-state index in [1.165, 1.54) is 0 Å². The van der Waals surface area contributed by atoms with Crippen LogP contribution in [0.25, 0.3) is 0 Å². The molecule has 4 nitrogen and oxygen atoms in total. The van der Waals surface area contributed by atoms with E-state index >= 15 is 0 Å². The molecule has 0 aromatic heterocycles. The van der Waals surface area contributed by atoms with E-state index in [0.29, 0.717) is 6.54 Å². The molecule has 0 bridgehead atoms. The van der Waals surface area contributed by atoms with Crippen LogP contribution in [-0.2, 0) is 14.8 Å². The van der Waals surface area contributed by atoms with Crippen LogP contribution in [0.15, 0.2) is 0 Å². The second-order valence-electron chi connectivity index (χ2n) is 3.11. The van der Waals surface area contributed by atoms with Crippen LogP contribution >= 0.6 is 0 Å². The molecule has 0 amide bonds. The van der Waals surface area contributed by atoms with Gasteiger partial charge in [-0.05, 0) is 19.3 Å². The first-order chi connectivity index (χ1) is 5.58. The summed E-state index contributed by atoms with van der Waals surface area (Å²) in [6.45, 7) is 1.18. The van der Waals surface area contributed by atoms with Crippen molar-refractivity contribution in [2.45, 2.75) is 25.4 Å². The van der Waals surface area contributed by atoms with E-state index in [1.807, 2.05) is 0 Å². The minimum Gasteiger partial charge on any atom is -0.377 e. The fraction of sp³-hybridized carbons (Fsp3) is 1.00. The van der Waals surface area contributed by atoms with Gasteiger partial charge in [-0.25, -0.2) is 13.1 Å². The Balaban J connectivity index is 2.22. The minimum absolute atomic E-state index is 0.0773. The van der Waals surface area contributed by atoms with Crippen LogP contribution in [0.2, 0.25) is 0 Å². The molecule has 1 aliphatic heterocycles. The highest BCUT2D eigenvalue weighted by atomic mass is 32.2. The lowest BCUT2D eigenvalue weighted by Crippen LogP contribution is -2.34. The molecule has 1 fully saturated rings. The van der Waals surface area contributed by atoms with Gasteiger partial charge in [-0.1, -0.05) is 0 Å². The van der Waals surface area contributed by atoms with Crippen molar-refractivity contribution < 1.29 is 13.2 Å². The molecular weight excluding hydrogens is 178 g/mol. The molecular formula is C7H15NO3S. The summed E-state index contributed by atoms with van der Waals surface area (Å²) in [7, 11) is -3.05. The molecule has 0 aliphatic carbocycles. The summed E-state index contributed by atoms with van der Waals surface area (Å²) in [6.07, 6.45) is 4.43. The molecule has 72 valence electrons. The van der Waals surface area contributed by atoms with Gasteiger partial charge in [0.2, 0.25) is 10.0 Å². The van der Waals surface area contributed by atoms with Gasteiger partial charge in [-0.2, -0.15) is 0 Å². The first kappa shape index (κ1) is 9.95. The smallest absolute Gasteiger partial charge is 0.208 e. The molecule has 1 heterocycles. The maximum Gasteiger partial charge on any atom is 0.208 e. The Morgan fingerprint density at radius 2 is 2.25 bits per heavy atom. The van der Waals surface area contributed by atoms with Crippen LogP contribution in [0.4, 0.5) is 0 Å². The molecule has 1 rings (SSSR count). The highest BCUT2D eigenvalue weighted by molar-refractivity contribution is 7.88. The van der Waals surface area contributed by atoms with Gasteiger partial charge in [0.15, 0.2) is 0 Å². The number of nitrogens with one attached hydrogen (secondary N) is 1. The largest absolute Gasteiger partial charge is 0.377 e. The maximum absolute atomic E-state index is 10.7. The van der Waals surface area contributed by atoms with Crippen molar-refractivity contribution in [3.8, 4) is 0 Å². The summed E-state index contributed by atoms with van der Waals surface area (Å²) in [6, 6.07) is 0. The number of hydrogen-bond donors (Lipinski definition) is 1. The summed E-state index contributed by atoms with van der Waals surface area (Å²) in [5.41, 5.74) is 0. The Hall–Kier alpha value is -0.130. The van der Waals surface area contributed by atoms with Crippen LogP contribution in [-0.4, -0.2) is 33.9 Å². The molecule has 0 saturated carbocycles. The molecule has 0 aromatic carbocycles. The van der Waals surface area contributed by atoms with Crippen molar-refractivity contribution in [3.63, 3.8) is 0 Å². The van der Waals surface area contributed by atoms with Gasteiger partial charge in [-0.3, -0.25) is 0 Å². The molecule has 0 spiro atoms. The highest BCUT2D eigenvalue weighted by Crippen LogP contribution is 2.11. The van der Waals surface area contributed by atoms with Crippen LogP contribution in [0.1, 0.15) is 19.3 Å². The Labute approximate surface area is 73.3 Å². The second-order valence-corrected chi connectivity index (χ2v) is 4.94. The minimum atomic E-state index is -3.05. The normalized spacial score (nSPS) is 25.6. The lowest BCUT2D eigenvalue weighted by atomic mass is 10.1. The second kappa shape index (κ2) is 4.20. The third kappa shape index (κ3) is 4.04. The predicted octanol–water partition coefficient (Wildman–Crippen LogP) is 0.105. The highest BCUT2D eigenvalue weighted by Gasteiger charge is 2.14. The van der Waals surface area contributed by atoms with Crippen LogP contribution in [0, 0.1) is 0 Å². The summed E-state index contributed by atoms with van der Waals surface area (Å²) in [5, 5.41) is 0.